The molecule has 5 rings (SSSR count). The van der Waals surface area contributed by atoms with Gasteiger partial charge in [-0.3, -0.25) is 14.4 Å². The van der Waals surface area contributed by atoms with Crippen LogP contribution in [0.15, 0.2) is 71.2 Å². The van der Waals surface area contributed by atoms with Crippen LogP contribution in [0.2, 0.25) is 0 Å². The van der Waals surface area contributed by atoms with Crippen LogP contribution in [0.4, 0.5) is 5.69 Å². The van der Waals surface area contributed by atoms with Gasteiger partial charge >= 0.3 is 0 Å². The molecule has 0 aliphatic carbocycles. The molecule has 11 heteroatoms. The second-order valence-corrected chi connectivity index (χ2v) is 14.3. The Kier molecular flexibility index (Phi) is 11.1. The molecule has 2 atom stereocenters. The lowest BCUT2D eigenvalue weighted by atomic mass is 9.99. The quantitative estimate of drug-likeness (QED) is 0.138. The molecule has 2 heterocycles. The van der Waals surface area contributed by atoms with Crippen molar-refractivity contribution in [1.82, 2.24) is 16.0 Å². The Bertz CT molecular complexity index is 1770. The summed E-state index contributed by atoms with van der Waals surface area (Å²) >= 11 is 5.43. The molecule has 1 aliphatic rings. The molecule has 5 N–H and O–H groups in total. The summed E-state index contributed by atoms with van der Waals surface area (Å²) in [5.74, 6) is -0.562. The highest BCUT2D eigenvalue weighted by molar-refractivity contribution is 9.10. The Morgan fingerprint density at radius 3 is 2.62 bits per heavy atom. The minimum absolute atomic E-state index is 0.0935. The third kappa shape index (κ3) is 8.10. The first-order valence-corrected chi connectivity index (χ1v) is 17.4. The topological polar surface area (TPSA) is 131 Å². The first kappa shape index (κ1) is 34.7. The minimum Gasteiger partial charge on any atom is -0.394 e. The molecule has 3 amide bonds. The third-order valence-corrected chi connectivity index (χ3v) is 10.6. The van der Waals surface area contributed by atoms with Crippen LogP contribution >= 0.6 is 27.3 Å². The van der Waals surface area contributed by atoms with Crippen molar-refractivity contribution in [3.8, 4) is 10.4 Å². The van der Waals surface area contributed by atoms with Gasteiger partial charge in [-0.1, -0.05) is 42.5 Å². The van der Waals surface area contributed by atoms with E-state index < -0.39 is 17.7 Å². The highest BCUT2D eigenvalue weighted by Gasteiger charge is 2.33. The van der Waals surface area contributed by atoms with E-state index in [0.29, 0.717) is 31.5 Å². The molecule has 3 aromatic carbocycles. The molecular weight excluding hydrogens is 680 g/mol. The first-order chi connectivity index (χ1) is 22.5. The number of halogens is 1. The van der Waals surface area contributed by atoms with E-state index in [1.165, 1.54) is 0 Å². The fraction of sp³-hybridized carbons (Fsp3) is 0.361. The van der Waals surface area contributed by atoms with Crippen LogP contribution in [0, 0.1) is 0 Å². The number of aryl methyl sites for hydroxylation is 1. The Balaban J connectivity index is 1.40. The number of amides is 3. The minimum atomic E-state index is -0.920. The predicted molar refractivity (Wildman–Crippen MR) is 191 cm³/mol. The number of nitrogens with one attached hydrogen (secondary N) is 3. The molecule has 4 aromatic rings. The van der Waals surface area contributed by atoms with Gasteiger partial charge in [-0.05, 0) is 84.9 Å². The predicted octanol–water partition coefficient (Wildman–Crippen LogP) is 5.16. The zero-order valence-corrected chi connectivity index (χ0v) is 29.2. The lowest BCUT2D eigenvalue weighted by Gasteiger charge is -2.29. The number of aliphatic hydroxyl groups excluding tert-OH is 2. The van der Waals surface area contributed by atoms with Crippen molar-refractivity contribution < 1.29 is 24.6 Å². The average Bonchev–Trinajstić information content (AvgIpc) is 3.32. The summed E-state index contributed by atoms with van der Waals surface area (Å²) < 4.78 is 1.95. The molecule has 9 nitrogen and oxygen atoms in total. The Morgan fingerprint density at radius 2 is 1.85 bits per heavy atom. The number of aliphatic hydroxyl groups is 2. The summed E-state index contributed by atoms with van der Waals surface area (Å²) in [5.41, 5.74) is 3.62. The standard InChI is InChI=1S/C36H41BrN4O5S/c1-4-38-34(45)26-11-7-6-10-25(26)33-32(37)27-17-22(13-16-30(27)47-33)20-41-29-12-8-5-9-23(29)14-15-28(35(41)46)40-31(44)18-36(2,3)39-19-24(43)21-42/h5-13,16-17,24,28,39,42-43H,4,14-15,18-21H2,1-3H3,(H,38,45)(H,40,44)/t24-,28+/m0/s1. The number of β-amino-alcohol motifs (C(OH)–C–C–N with tert-alkyl or cyclic N) is 1. The Hall–Kier alpha value is -3.61. The number of carbonyl (C=O) groups excluding carboxylic acids is 3. The summed E-state index contributed by atoms with van der Waals surface area (Å²) in [6, 6.07) is 20.9. The molecule has 0 saturated carbocycles. The van der Waals surface area contributed by atoms with E-state index in [2.05, 4.69) is 44.0 Å². The number of rotatable bonds is 12. The van der Waals surface area contributed by atoms with Crippen molar-refractivity contribution in [3.63, 3.8) is 0 Å². The van der Waals surface area contributed by atoms with E-state index in [9.17, 15) is 19.5 Å². The molecular formula is C36H41BrN4O5S. The number of anilines is 1. The largest absolute Gasteiger partial charge is 0.394 e. The number of benzene rings is 3. The maximum Gasteiger partial charge on any atom is 0.251 e. The summed E-state index contributed by atoms with van der Waals surface area (Å²) in [7, 11) is 0. The fourth-order valence-corrected chi connectivity index (χ4v) is 7.91. The molecule has 0 bridgehead atoms. The average molecular weight is 722 g/mol. The van der Waals surface area contributed by atoms with Gasteiger partial charge in [0, 0.05) is 56.4 Å². The van der Waals surface area contributed by atoms with Crippen molar-refractivity contribution in [2.45, 2.75) is 64.3 Å². The van der Waals surface area contributed by atoms with Crippen LogP contribution < -0.4 is 20.9 Å². The van der Waals surface area contributed by atoms with Crippen LogP contribution in [0.3, 0.4) is 0 Å². The lowest BCUT2D eigenvalue weighted by Crippen LogP contribution is -2.51. The monoisotopic (exact) mass is 720 g/mol. The van der Waals surface area contributed by atoms with Gasteiger partial charge in [0.2, 0.25) is 11.8 Å². The van der Waals surface area contributed by atoms with E-state index in [0.717, 1.165) is 41.8 Å². The molecule has 0 saturated heterocycles. The van der Waals surface area contributed by atoms with Gasteiger partial charge in [0.25, 0.3) is 5.91 Å². The number of para-hydroxylation sites is 1. The Labute approximate surface area is 287 Å². The van der Waals surface area contributed by atoms with Crippen LogP contribution in [-0.2, 0) is 22.6 Å². The highest BCUT2D eigenvalue weighted by atomic mass is 79.9. The van der Waals surface area contributed by atoms with Crippen molar-refractivity contribution in [1.29, 1.82) is 0 Å². The zero-order valence-electron chi connectivity index (χ0n) is 26.8. The number of thiophene rings is 1. The Morgan fingerprint density at radius 1 is 1.11 bits per heavy atom. The second-order valence-electron chi connectivity index (χ2n) is 12.5. The van der Waals surface area contributed by atoms with E-state index in [1.807, 2.05) is 75.4 Å². The molecule has 0 fully saturated rings. The highest BCUT2D eigenvalue weighted by Crippen LogP contribution is 2.44. The summed E-state index contributed by atoms with van der Waals surface area (Å²) in [6.07, 6.45) is 0.281. The summed E-state index contributed by atoms with van der Waals surface area (Å²) in [6.45, 7) is 6.22. The van der Waals surface area contributed by atoms with E-state index >= 15 is 0 Å². The fourth-order valence-electron chi connectivity index (χ4n) is 5.88. The van der Waals surface area contributed by atoms with Crippen molar-refractivity contribution in [2.24, 2.45) is 0 Å². The van der Waals surface area contributed by atoms with Gasteiger partial charge in [-0.25, -0.2) is 0 Å². The van der Waals surface area contributed by atoms with E-state index in [-0.39, 0.29) is 37.3 Å². The summed E-state index contributed by atoms with van der Waals surface area (Å²) in [4.78, 5) is 42.9. The number of hydrogen-bond donors (Lipinski definition) is 5. The lowest BCUT2D eigenvalue weighted by molar-refractivity contribution is -0.128. The maximum atomic E-state index is 14.1. The van der Waals surface area contributed by atoms with Crippen molar-refractivity contribution in [2.75, 3.05) is 24.6 Å². The van der Waals surface area contributed by atoms with Gasteiger partial charge < -0.3 is 31.1 Å². The molecule has 0 spiro atoms. The third-order valence-electron chi connectivity index (χ3n) is 8.30. The van der Waals surface area contributed by atoms with Gasteiger partial charge in [0.15, 0.2) is 0 Å². The molecule has 0 unspecified atom stereocenters. The van der Waals surface area contributed by atoms with Gasteiger partial charge in [-0.15, -0.1) is 11.3 Å². The van der Waals surface area contributed by atoms with Crippen LogP contribution in [-0.4, -0.2) is 65.3 Å². The SMILES string of the molecule is CCNC(=O)c1ccccc1-c1sc2ccc(CN3C(=O)[C@H](NC(=O)CC(C)(C)NC[C@H](O)CO)CCc4ccccc43)cc2c1Br. The van der Waals surface area contributed by atoms with Crippen molar-refractivity contribution >= 4 is 60.8 Å². The van der Waals surface area contributed by atoms with Crippen LogP contribution in [0.5, 0.6) is 0 Å². The summed E-state index contributed by atoms with van der Waals surface area (Å²) in [5, 5.41) is 28.8. The number of nitrogens with zero attached hydrogens (tertiary/aromatic N) is 1. The van der Waals surface area contributed by atoms with E-state index in [4.69, 9.17) is 5.11 Å². The second kappa shape index (κ2) is 15.1. The molecule has 248 valence electrons. The smallest absolute Gasteiger partial charge is 0.251 e. The van der Waals surface area contributed by atoms with E-state index in [1.54, 1.807) is 16.2 Å². The molecule has 1 aromatic heterocycles. The molecule has 0 radical (unpaired) electrons. The molecule has 1 aliphatic heterocycles. The zero-order chi connectivity index (χ0) is 33.7. The first-order valence-electron chi connectivity index (χ1n) is 15.8. The normalized spacial score (nSPS) is 15.7. The van der Waals surface area contributed by atoms with Crippen LogP contribution in [0.1, 0.15) is 55.1 Å². The number of hydrogen-bond acceptors (Lipinski definition) is 7. The number of carbonyl (C=O) groups is 3. The van der Waals surface area contributed by atoms with Gasteiger partial charge in [0.05, 0.1) is 24.1 Å². The maximum absolute atomic E-state index is 14.1. The van der Waals surface area contributed by atoms with Crippen LogP contribution in [0.25, 0.3) is 20.5 Å². The number of fused-ring (bicyclic) bond motifs is 2. The van der Waals surface area contributed by atoms with Gasteiger partial charge in [-0.2, -0.15) is 0 Å². The van der Waals surface area contributed by atoms with Crippen molar-refractivity contribution in [3.05, 3.63) is 87.9 Å². The molecule has 47 heavy (non-hydrogen) atoms. The van der Waals surface area contributed by atoms with Gasteiger partial charge in [0.1, 0.15) is 6.04 Å².